The summed E-state index contributed by atoms with van der Waals surface area (Å²) >= 11 is 0. The maximum absolute atomic E-state index is 12.8. The largest absolute Gasteiger partial charge is 0.444 e. The van der Waals surface area contributed by atoms with Gasteiger partial charge < -0.3 is 15.4 Å². The fraction of sp³-hybridized carbons (Fsp3) is 0.538. The molecule has 0 aliphatic carbocycles. The number of hydrogen-bond donors (Lipinski definition) is 2. The number of nitrogens with one attached hydrogen (secondary N) is 2. The van der Waals surface area contributed by atoms with Gasteiger partial charge >= 0.3 is 6.09 Å². The number of carbonyl (C=O) groups is 1. The Labute approximate surface area is 112 Å². The zero-order chi connectivity index (χ0) is 14.3. The molecule has 1 aromatic heterocycles. The lowest BCUT2D eigenvalue weighted by atomic mass is 10.2. The summed E-state index contributed by atoms with van der Waals surface area (Å²) in [5.74, 6) is -0.517. The summed E-state index contributed by atoms with van der Waals surface area (Å²) in [6.45, 7) is 6.55. The molecule has 2 N–H and O–H groups in total. The average molecular weight is 269 g/mol. The Morgan fingerprint density at radius 3 is 2.79 bits per heavy atom. The summed E-state index contributed by atoms with van der Waals surface area (Å²) in [7, 11) is 0. The molecular weight excluding hydrogens is 249 g/mol. The molecule has 1 amide bonds. The average Bonchev–Trinajstić information content (AvgIpc) is 2.26. The Bertz CT molecular complexity index is 419. The highest BCUT2D eigenvalue weighted by atomic mass is 19.1. The Balaban J connectivity index is 2.13. The van der Waals surface area contributed by atoms with Crippen LogP contribution >= 0.6 is 0 Å². The first-order valence-electron chi connectivity index (χ1n) is 6.19. The lowest BCUT2D eigenvalue weighted by Crippen LogP contribution is -2.33. The fourth-order valence-corrected chi connectivity index (χ4v) is 1.34. The third-order valence-electron chi connectivity index (χ3n) is 2.08. The number of pyridine rings is 1. The van der Waals surface area contributed by atoms with Crippen LogP contribution in [0.4, 0.5) is 14.9 Å². The minimum atomic E-state index is -0.517. The predicted octanol–water partition coefficient (Wildman–Crippen LogP) is 2.55. The van der Waals surface area contributed by atoms with Crippen LogP contribution in [0.5, 0.6) is 0 Å². The number of hydrogen-bond acceptors (Lipinski definition) is 4. The highest BCUT2D eigenvalue weighted by molar-refractivity contribution is 5.67. The zero-order valence-corrected chi connectivity index (χ0v) is 11.5. The molecule has 0 saturated carbocycles. The summed E-state index contributed by atoms with van der Waals surface area (Å²) in [4.78, 5) is 14.8. The van der Waals surface area contributed by atoms with E-state index >= 15 is 0 Å². The van der Waals surface area contributed by atoms with Gasteiger partial charge in [-0.25, -0.2) is 9.78 Å². The Hall–Kier alpha value is -1.85. The molecule has 0 aliphatic heterocycles. The molecule has 1 heterocycles. The second kappa shape index (κ2) is 6.92. The van der Waals surface area contributed by atoms with Crippen LogP contribution < -0.4 is 10.6 Å². The van der Waals surface area contributed by atoms with Crippen LogP contribution in [-0.4, -0.2) is 29.8 Å². The van der Waals surface area contributed by atoms with Crippen molar-refractivity contribution in [3.63, 3.8) is 0 Å². The maximum Gasteiger partial charge on any atom is 0.407 e. The number of alkyl carbamates (subject to hydrolysis) is 1. The number of rotatable bonds is 5. The van der Waals surface area contributed by atoms with Crippen LogP contribution in [0.3, 0.4) is 0 Å². The van der Waals surface area contributed by atoms with Gasteiger partial charge in [-0.1, -0.05) is 0 Å². The Morgan fingerprint density at radius 2 is 2.16 bits per heavy atom. The van der Waals surface area contributed by atoms with E-state index in [2.05, 4.69) is 15.6 Å². The smallest absolute Gasteiger partial charge is 0.407 e. The van der Waals surface area contributed by atoms with E-state index in [1.807, 2.05) is 20.8 Å². The molecule has 0 radical (unpaired) electrons. The van der Waals surface area contributed by atoms with Gasteiger partial charge in [0.1, 0.15) is 5.60 Å². The normalized spacial score (nSPS) is 10.9. The van der Waals surface area contributed by atoms with E-state index < -0.39 is 17.6 Å². The van der Waals surface area contributed by atoms with E-state index in [1.54, 1.807) is 6.07 Å². The first kappa shape index (κ1) is 15.2. The summed E-state index contributed by atoms with van der Waals surface area (Å²) in [6.07, 6.45) is 1.68. The van der Waals surface area contributed by atoms with E-state index in [9.17, 15) is 9.18 Å². The molecule has 0 aromatic carbocycles. The quantitative estimate of drug-likeness (QED) is 0.637. The van der Waals surface area contributed by atoms with Gasteiger partial charge in [-0.05, 0) is 33.3 Å². The number of anilines is 1. The molecule has 0 unspecified atom stereocenters. The zero-order valence-electron chi connectivity index (χ0n) is 11.5. The van der Waals surface area contributed by atoms with Crippen LogP contribution in [0.2, 0.25) is 0 Å². The first-order chi connectivity index (χ1) is 8.87. The highest BCUT2D eigenvalue weighted by Gasteiger charge is 2.15. The molecule has 5 nitrogen and oxygen atoms in total. The van der Waals surface area contributed by atoms with Gasteiger partial charge in [-0.2, -0.15) is 4.39 Å². The number of amides is 1. The van der Waals surface area contributed by atoms with Crippen LogP contribution in [-0.2, 0) is 4.74 Å². The molecule has 106 valence electrons. The Kier molecular flexibility index (Phi) is 5.54. The fourth-order valence-electron chi connectivity index (χ4n) is 1.34. The summed E-state index contributed by atoms with van der Waals surface area (Å²) in [5, 5.41) is 5.68. The van der Waals surface area contributed by atoms with Crippen molar-refractivity contribution in [3.05, 3.63) is 24.3 Å². The van der Waals surface area contributed by atoms with Crippen molar-refractivity contribution in [2.45, 2.75) is 32.8 Å². The van der Waals surface area contributed by atoms with E-state index in [0.717, 1.165) is 0 Å². The number of ether oxygens (including phenoxy) is 1. The molecule has 0 saturated heterocycles. The van der Waals surface area contributed by atoms with Crippen LogP contribution in [0, 0.1) is 5.95 Å². The second-order valence-electron chi connectivity index (χ2n) is 5.08. The Morgan fingerprint density at radius 1 is 1.42 bits per heavy atom. The first-order valence-corrected chi connectivity index (χ1v) is 6.19. The standard InChI is InChI=1S/C13H20FN3O2/c1-13(2,3)19-12(18)17-7-4-6-15-10-5-8-16-11(14)9-10/h5,8-9H,4,6-7H2,1-3H3,(H,15,16)(H,17,18). The van der Waals surface area contributed by atoms with Crippen molar-refractivity contribution < 1.29 is 13.9 Å². The maximum atomic E-state index is 12.8. The topological polar surface area (TPSA) is 63.2 Å². The molecule has 1 rings (SSSR count). The number of carbonyl (C=O) groups excluding carboxylic acids is 1. The summed E-state index contributed by atoms with van der Waals surface area (Å²) in [5.41, 5.74) is 0.182. The number of aromatic nitrogens is 1. The second-order valence-corrected chi connectivity index (χ2v) is 5.08. The van der Waals surface area contributed by atoms with Crippen molar-refractivity contribution >= 4 is 11.8 Å². The lowest BCUT2D eigenvalue weighted by Gasteiger charge is -2.19. The van der Waals surface area contributed by atoms with E-state index in [-0.39, 0.29) is 0 Å². The van der Waals surface area contributed by atoms with E-state index in [1.165, 1.54) is 12.3 Å². The molecule has 1 aromatic rings. The molecular formula is C13H20FN3O2. The molecule has 0 atom stereocenters. The number of nitrogens with zero attached hydrogens (tertiary/aromatic N) is 1. The predicted molar refractivity (Wildman–Crippen MR) is 71.5 cm³/mol. The van der Waals surface area contributed by atoms with Crippen LogP contribution in [0.1, 0.15) is 27.2 Å². The number of halogens is 1. The van der Waals surface area contributed by atoms with Crippen molar-refractivity contribution in [1.29, 1.82) is 0 Å². The lowest BCUT2D eigenvalue weighted by molar-refractivity contribution is 0.0528. The molecule has 19 heavy (non-hydrogen) atoms. The van der Waals surface area contributed by atoms with Gasteiger partial charge in [0, 0.05) is 31.0 Å². The summed E-state index contributed by atoms with van der Waals surface area (Å²) in [6, 6.07) is 3.01. The van der Waals surface area contributed by atoms with E-state index in [0.29, 0.717) is 25.2 Å². The van der Waals surface area contributed by atoms with Gasteiger partial charge in [-0.3, -0.25) is 0 Å². The van der Waals surface area contributed by atoms with Gasteiger partial charge in [-0.15, -0.1) is 0 Å². The van der Waals surface area contributed by atoms with Crippen molar-refractivity contribution in [2.24, 2.45) is 0 Å². The minimum Gasteiger partial charge on any atom is -0.444 e. The van der Waals surface area contributed by atoms with Gasteiger partial charge in [0.05, 0.1) is 0 Å². The van der Waals surface area contributed by atoms with Gasteiger partial charge in [0.2, 0.25) is 5.95 Å². The van der Waals surface area contributed by atoms with Gasteiger partial charge in [0.25, 0.3) is 0 Å². The van der Waals surface area contributed by atoms with Crippen LogP contribution in [0.25, 0.3) is 0 Å². The van der Waals surface area contributed by atoms with Crippen molar-refractivity contribution in [3.8, 4) is 0 Å². The van der Waals surface area contributed by atoms with Crippen molar-refractivity contribution in [1.82, 2.24) is 10.3 Å². The third kappa shape index (κ3) is 7.23. The van der Waals surface area contributed by atoms with Crippen LogP contribution in [0.15, 0.2) is 18.3 Å². The minimum absolute atomic E-state index is 0.428. The molecule has 6 heteroatoms. The SMILES string of the molecule is CC(C)(C)OC(=O)NCCCNc1ccnc(F)c1. The molecule has 0 bridgehead atoms. The molecule has 0 aliphatic rings. The molecule has 0 spiro atoms. The molecule has 0 fully saturated rings. The highest BCUT2D eigenvalue weighted by Crippen LogP contribution is 2.07. The van der Waals surface area contributed by atoms with Gasteiger partial charge in [0.15, 0.2) is 0 Å². The summed E-state index contributed by atoms with van der Waals surface area (Å²) < 4.78 is 17.9. The monoisotopic (exact) mass is 269 g/mol. The third-order valence-corrected chi connectivity index (χ3v) is 2.08. The van der Waals surface area contributed by atoms with Crippen molar-refractivity contribution in [2.75, 3.05) is 18.4 Å². The van der Waals surface area contributed by atoms with E-state index in [4.69, 9.17) is 4.74 Å².